The van der Waals surface area contributed by atoms with Gasteiger partial charge in [0.05, 0.1) is 6.61 Å². The second-order valence-corrected chi connectivity index (χ2v) is 3.77. The normalized spacial score (nSPS) is 10.3. The number of nitrogens with two attached hydrogens (primary N) is 1. The van der Waals surface area contributed by atoms with E-state index in [4.69, 9.17) is 10.5 Å². The Morgan fingerprint density at radius 3 is 2.53 bits per heavy atom. The molecule has 0 bridgehead atoms. The molecule has 2 rings (SSSR count). The Morgan fingerprint density at radius 2 is 1.89 bits per heavy atom. The predicted octanol–water partition coefficient (Wildman–Crippen LogP) is 3.08. The lowest BCUT2D eigenvalue weighted by Crippen LogP contribution is -2.03. The molecule has 1 aromatic carbocycles. The summed E-state index contributed by atoms with van der Waals surface area (Å²) in [5.41, 5.74) is 5.89. The number of pyridine rings is 1. The van der Waals surface area contributed by atoms with E-state index in [1.807, 2.05) is 6.92 Å². The highest BCUT2D eigenvalue weighted by atomic mass is 19.1. The van der Waals surface area contributed by atoms with Crippen LogP contribution in [0.25, 0.3) is 0 Å². The van der Waals surface area contributed by atoms with E-state index in [0.717, 1.165) is 0 Å². The smallest absolute Gasteiger partial charge is 0.169 e. The minimum atomic E-state index is -0.880. The molecule has 3 N–H and O–H groups in total. The zero-order valence-electron chi connectivity index (χ0n) is 10.3. The Hall–Kier alpha value is -2.37. The first-order valence-corrected chi connectivity index (χ1v) is 5.71. The molecule has 100 valence electrons. The van der Waals surface area contributed by atoms with Crippen LogP contribution in [0.5, 0.6) is 5.75 Å². The average molecular weight is 265 g/mol. The number of halogens is 2. The van der Waals surface area contributed by atoms with Gasteiger partial charge in [-0.25, -0.2) is 13.8 Å². The third-order valence-electron chi connectivity index (χ3n) is 2.38. The molecule has 0 aliphatic rings. The molecule has 6 heteroatoms. The van der Waals surface area contributed by atoms with Gasteiger partial charge in [-0.3, -0.25) is 0 Å². The standard InChI is InChI=1S/C13H13F2N3O/c1-2-19-9-5-3-8(4-6-9)17-13-11(15)7-10(14)12(16)18-13/h3-7H,2H2,1H3,(H3,16,17,18). The zero-order chi connectivity index (χ0) is 13.8. The van der Waals surface area contributed by atoms with Crippen LogP contribution < -0.4 is 15.8 Å². The lowest BCUT2D eigenvalue weighted by molar-refractivity contribution is 0.340. The van der Waals surface area contributed by atoms with Crippen molar-refractivity contribution in [3.63, 3.8) is 0 Å². The van der Waals surface area contributed by atoms with Gasteiger partial charge in [-0.1, -0.05) is 0 Å². The fourth-order valence-electron chi connectivity index (χ4n) is 1.51. The lowest BCUT2D eigenvalue weighted by Gasteiger charge is -2.09. The quantitative estimate of drug-likeness (QED) is 0.891. The van der Waals surface area contributed by atoms with Crippen LogP contribution in [-0.4, -0.2) is 11.6 Å². The number of hydrogen-bond acceptors (Lipinski definition) is 4. The summed E-state index contributed by atoms with van der Waals surface area (Å²) < 4.78 is 31.7. The van der Waals surface area contributed by atoms with E-state index < -0.39 is 11.6 Å². The van der Waals surface area contributed by atoms with Crippen LogP contribution in [0.4, 0.5) is 26.1 Å². The largest absolute Gasteiger partial charge is 0.494 e. The maximum Gasteiger partial charge on any atom is 0.169 e. The molecular weight excluding hydrogens is 252 g/mol. The van der Waals surface area contributed by atoms with Crippen molar-refractivity contribution in [1.82, 2.24) is 4.98 Å². The highest BCUT2D eigenvalue weighted by molar-refractivity contribution is 5.59. The fraction of sp³-hybridized carbons (Fsp3) is 0.154. The molecule has 0 aliphatic carbocycles. The first-order chi connectivity index (χ1) is 9.10. The SMILES string of the molecule is CCOc1ccc(Nc2nc(N)c(F)cc2F)cc1. The molecular formula is C13H13F2N3O. The first kappa shape index (κ1) is 13.1. The highest BCUT2D eigenvalue weighted by Gasteiger charge is 2.09. The Morgan fingerprint density at radius 1 is 1.21 bits per heavy atom. The number of aromatic nitrogens is 1. The van der Waals surface area contributed by atoms with E-state index in [9.17, 15) is 8.78 Å². The Kier molecular flexibility index (Phi) is 3.79. The molecule has 19 heavy (non-hydrogen) atoms. The van der Waals surface area contributed by atoms with Crippen molar-refractivity contribution in [1.29, 1.82) is 0 Å². The molecule has 0 saturated carbocycles. The summed E-state index contributed by atoms with van der Waals surface area (Å²) in [4.78, 5) is 3.61. The maximum absolute atomic E-state index is 13.5. The van der Waals surface area contributed by atoms with E-state index in [1.54, 1.807) is 24.3 Å². The summed E-state index contributed by atoms with van der Waals surface area (Å²) >= 11 is 0. The number of anilines is 3. The number of nitrogens with zero attached hydrogens (tertiary/aromatic N) is 1. The van der Waals surface area contributed by atoms with Crippen LogP contribution in [0, 0.1) is 11.6 Å². The van der Waals surface area contributed by atoms with E-state index >= 15 is 0 Å². The molecule has 0 fully saturated rings. The minimum Gasteiger partial charge on any atom is -0.494 e. The molecule has 0 radical (unpaired) electrons. The monoisotopic (exact) mass is 265 g/mol. The summed E-state index contributed by atoms with van der Waals surface area (Å²) in [7, 11) is 0. The Bertz CT molecular complexity index is 573. The first-order valence-electron chi connectivity index (χ1n) is 5.71. The van der Waals surface area contributed by atoms with Crippen molar-refractivity contribution < 1.29 is 13.5 Å². The van der Waals surface area contributed by atoms with Crippen molar-refractivity contribution in [2.45, 2.75) is 6.92 Å². The zero-order valence-corrected chi connectivity index (χ0v) is 10.3. The van der Waals surface area contributed by atoms with Gasteiger partial charge >= 0.3 is 0 Å². The van der Waals surface area contributed by atoms with Gasteiger partial charge in [-0.2, -0.15) is 0 Å². The topological polar surface area (TPSA) is 60.2 Å². The molecule has 1 heterocycles. The van der Waals surface area contributed by atoms with Gasteiger partial charge in [0, 0.05) is 11.8 Å². The van der Waals surface area contributed by atoms with Crippen molar-refractivity contribution in [3.8, 4) is 5.75 Å². The highest BCUT2D eigenvalue weighted by Crippen LogP contribution is 2.22. The summed E-state index contributed by atoms with van der Waals surface area (Å²) in [5.74, 6) is -1.45. The second-order valence-electron chi connectivity index (χ2n) is 3.77. The van der Waals surface area contributed by atoms with Crippen LogP contribution >= 0.6 is 0 Å². The molecule has 0 atom stereocenters. The van der Waals surface area contributed by atoms with E-state index in [0.29, 0.717) is 24.1 Å². The van der Waals surface area contributed by atoms with Gasteiger partial charge in [-0.15, -0.1) is 0 Å². The van der Waals surface area contributed by atoms with Gasteiger partial charge < -0.3 is 15.8 Å². The molecule has 0 unspecified atom stereocenters. The van der Waals surface area contributed by atoms with Crippen molar-refractivity contribution in [3.05, 3.63) is 42.0 Å². The van der Waals surface area contributed by atoms with Gasteiger partial charge in [-0.05, 0) is 31.2 Å². The van der Waals surface area contributed by atoms with E-state index in [2.05, 4.69) is 10.3 Å². The fourth-order valence-corrected chi connectivity index (χ4v) is 1.51. The number of ether oxygens (including phenoxy) is 1. The summed E-state index contributed by atoms with van der Waals surface area (Å²) in [6.07, 6.45) is 0. The van der Waals surface area contributed by atoms with Crippen LogP contribution in [0.3, 0.4) is 0 Å². The van der Waals surface area contributed by atoms with Crippen LogP contribution in [0.1, 0.15) is 6.92 Å². The van der Waals surface area contributed by atoms with E-state index in [1.165, 1.54) is 0 Å². The van der Waals surface area contributed by atoms with Crippen molar-refractivity contribution in [2.24, 2.45) is 0 Å². The van der Waals surface area contributed by atoms with Gasteiger partial charge in [0.15, 0.2) is 23.3 Å². The summed E-state index contributed by atoms with van der Waals surface area (Å²) in [5, 5.41) is 2.72. The van der Waals surface area contributed by atoms with Crippen molar-refractivity contribution >= 4 is 17.3 Å². The Balaban J connectivity index is 2.19. The molecule has 0 aliphatic heterocycles. The number of nitrogens with one attached hydrogen (secondary N) is 1. The maximum atomic E-state index is 13.5. The number of benzene rings is 1. The van der Waals surface area contributed by atoms with Gasteiger partial charge in [0.1, 0.15) is 5.75 Å². The molecule has 0 saturated heterocycles. The lowest BCUT2D eigenvalue weighted by atomic mass is 10.3. The van der Waals surface area contributed by atoms with Crippen molar-refractivity contribution in [2.75, 3.05) is 17.7 Å². The molecule has 2 aromatic rings. The average Bonchev–Trinajstić information content (AvgIpc) is 2.38. The Labute approximate surface area is 109 Å². The van der Waals surface area contributed by atoms with E-state index in [-0.39, 0.29) is 11.6 Å². The molecule has 0 spiro atoms. The predicted molar refractivity (Wildman–Crippen MR) is 69.5 cm³/mol. The number of rotatable bonds is 4. The van der Waals surface area contributed by atoms with Gasteiger partial charge in [0.25, 0.3) is 0 Å². The number of nitrogen functional groups attached to an aromatic ring is 1. The van der Waals surface area contributed by atoms with Gasteiger partial charge in [0.2, 0.25) is 0 Å². The molecule has 4 nitrogen and oxygen atoms in total. The second kappa shape index (κ2) is 5.51. The third-order valence-corrected chi connectivity index (χ3v) is 2.38. The van der Waals surface area contributed by atoms with Crippen LogP contribution in [0.2, 0.25) is 0 Å². The third kappa shape index (κ3) is 3.09. The summed E-state index contributed by atoms with van der Waals surface area (Å²) in [6, 6.07) is 7.56. The summed E-state index contributed by atoms with van der Waals surface area (Å²) in [6.45, 7) is 2.45. The van der Waals surface area contributed by atoms with Crippen LogP contribution in [0.15, 0.2) is 30.3 Å². The minimum absolute atomic E-state index is 0.122. The molecule has 1 aromatic heterocycles. The molecule has 0 amide bonds. The number of hydrogen-bond donors (Lipinski definition) is 2. The van der Waals surface area contributed by atoms with Crippen LogP contribution in [-0.2, 0) is 0 Å².